The molecule has 0 aliphatic heterocycles. The van der Waals surface area contributed by atoms with Crippen LogP contribution in [-0.2, 0) is 4.74 Å². The van der Waals surface area contributed by atoms with E-state index in [1.54, 1.807) is 18.2 Å². The molecular weight excluding hydrogens is 340 g/mol. The number of carbonyl (C=O) groups is 1. The summed E-state index contributed by atoms with van der Waals surface area (Å²) in [6, 6.07) is 9.02. The van der Waals surface area contributed by atoms with E-state index in [9.17, 15) is 4.79 Å². The standard InChI is InChI=1S/C21H26N4O2/c1-15-13-19(22-12-11-16-7-4-3-5-8-16)25-21(23-15)24-18-10-6-9-17(14-18)20(26)27-2/h6-7,9-10,13-14H,3-5,8,11-12H2,1-2H3,(H2,22,23,24,25). The molecule has 2 N–H and O–H groups in total. The van der Waals surface area contributed by atoms with E-state index in [0.717, 1.165) is 30.2 Å². The van der Waals surface area contributed by atoms with Gasteiger partial charge in [0.25, 0.3) is 0 Å². The van der Waals surface area contributed by atoms with Gasteiger partial charge >= 0.3 is 5.97 Å². The second-order valence-corrected chi connectivity index (χ2v) is 6.70. The highest BCUT2D eigenvalue weighted by Crippen LogP contribution is 2.21. The Balaban J connectivity index is 1.64. The lowest BCUT2D eigenvalue weighted by Gasteiger charge is -2.14. The molecule has 1 aromatic heterocycles. The molecule has 0 saturated heterocycles. The number of hydrogen-bond acceptors (Lipinski definition) is 6. The quantitative estimate of drug-likeness (QED) is 0.550. The number of allylic oxidation sites excluding steroid dienone is 1. The fraction of sp³-hybridized carbons (Fsp3) is 0.381. The molecule has 0 bridgehead atoms. The van der Waals surface area contributed by atoms with Crippen molar-refractivity contribution < 1.29 is 9.53 Å². The van der Waals surface area contributed by atoms with Crippen molar-refractivity contribution in [3.05, 3.63) is 53.2 Å². The molecule has 0 spiro atoms. The molecule has 2 aromatic rings. The molecule has 1 aliphatic carbocycles. The number of methoxy groups -OCH3 is 1. The zero-order chi connectivity index (χ0) is 19.1. The van der Waals surface area contributed by atoms with Gasteiger partial charge in [0, 0.05) is 24.0 Å². The van der Waals surface area contributed by atoms with Crippen molar-refractivity contribution in [1.29, 1.82) is 0 Å². The second kappa shape index (κ2) is 9.16. The monoisotopic (exact) mass is 366 g/mol. The van der Waals surface area contributed by atoms with Crippen molar-refractivity contribution in [3.8, 4) is 0 Å². The van der Waals surface area contributed by atoms with Gasteiger partial charge in [0.1, 0.15) is 5.82 Å². The minimum absolute atomic E-state index is 0.372. The normalized spacial score (nSPS) is 13.6. The first-order valence-electron chi connectivity index (χ1n) is 9.37. The first-order valence-corrected chi connectivity index (χ1v) is 9.37. The number of anilines is 3. The third-order valence-corrected chi connectivity index (χ3v) is 4.53. The molecule has 1 heterocycles. The van der Waals surface area contributed by atoms with Gasteiger partial charge in [0.2, 0.25) is 5.95 Å². The lowest BCUT2D eigenvalue weighted by molar-refractivity contribution is 0.0601. The van der Waals surface area contributed by atoms with E-state index >= 15 is 0 Å². The van der Waals surface area contributed by atoms with Crippen LogP contribution < -0.4 is 10.6 Å². The highest BCUT2D eigenvalue weighted by atomic mass is 16.5. The minimum Gasteiger partial charge on any atom is -0.465 e. The van der Waals surface area contributed by atoms with E-state index in [1.807, 2.05) is 19.1 Å². The minimum atomic E-state index is -0.372. The van der Waals surface area contributed by atoms with Crippen LogP contribution in [0, 0.1) is 6.92 Å². The molecule has 3 rings (SSSR count). The molecule has 142 valence electrons. The number of nitrogens with one attached hydrogen (secondary N) is 2. The Hall–Kier alpha value is -2.89. The van der Waals surface area contributed by atoms with Gasteiger partial charge in [0.05, 0.1) is 12.7 Å². The van der Waals surface area contributed by atoms with Gasteiger partial charge in [-0.15, -0.1) is 0 Å². The van der Waals surface area contributed by atoms with Crippen molar-refractivity contribution in [2.45, 2.75) is 39.0 Å². The summed E-state index contributed by atoms with van der Waals surface area (Å²) in [7, 11) is 1.37. The van der Waals surface area contributed by atoms with Gasteiger partial charge in [0.15, 0.2) is 0 Å². The first kappa shape index (κ1) is 18.9. The molecule has 0 amide bonds. The van der Waals surface area contributed by atoms with Gasteiger partial charge in [-0.1, -0.05) is 17.7 Å². The van der Waals surface area contributed by atoms with Crippen LogP contribution in [-0.4, -0.2) is 29.6 Å². The van der Waals surface area contributed by atoms with Gasteiger partial charge in [-0.05, 0) is 57.2 Å². The van der Waals surface area contributed by atoms with Crippen molar-refractivity contribution in [2.75, 3.05) is 24.3 Å². The highest BCUT2D eigenvalue weighted by molar-refractivity contribution is 5.90. The summed E-state index contributed by atoms with van der Waals surface area (Å²) in [5.41, 5.74) is 3.63. The van der Waals surface area contributed by atoms with E-state index in [0.29, 0.717) is 11.5 Å². The van der Waals surface area contributed by atoms with Crippen LogP contribution >= 0.6 is 0 Å². The lowest BCUT2D eigenvalue weighted by atomic mass is 9.97. The molecule has 1 aliphatic rings. The number of aryl methyl sites for hydroxylation is 1. The number of aromatic nitrogens is 2. The summed E-state index contributed by atoms with van der Waals surface area (Å²) in [5, 5.41) is 6.55. The number of hydrogen-bond donors (Lipinski definition) is 2. The largest absolute Gasteiger partial charge is 0.465 e. The third-order valence-electron chi connectivity index (χ3n) is 4.53. The van der Waals surface area contributed by atoms with Crippen LogP contribution in [0.4, 0.5) is 17.5 Å². The summed E-state index contributed by atoms with van der Waals surface area (Å²) >= 11 is 0. The number of rotatable bonds is 7. The second-order valence-electron chi connectivity index (χ2n) is 6.70. The molecule has 1 aromatic carbocycles. The van der Waals surface area contributed by atoms with Crippen molar-refractivity contribution in [1.82, 2.24) is 9.97 Å². The molecular formula is C21H26N4O2. The Kier molecular flexibility index (Phi) is 6.41. The van der Waals surface area contributed by atoms with Crippen LogP contribution in [0.3, 0.4) is 0 Å². The zero-order valence-electron chi connectivity index (χ0n) is 15.9. The van der Waals surface area contributed by atoms with Crippen molar-refractivity contribution in [2.24, 2.45) is 0 Å². The number of nitrogens with zero attached hydrogens (tertiary/aromatic N) is 2. The molecule has 27 heavy (non-hydrogen) atoms. The van der Waals surface area contributed by atoms with Crippen LogP contribution in [0.25, 0.3) is 0 Å². The van der Waals surface area contributed by atoms with Gasteiger partial charge in [-0.3, -0.25) is 0 Å². The molecule has 0 saturated carbocycles. The summed E-state index contributed by atoms with van der Waals surface area (Å²) < 4.78 is 4.76. The SMILES string of the molecule is COC(=O)c1cccc(Nc2nc(C)cc(NCCC3=CCCCC3)n2)c1. The molecule has 6 heteroatoms. The summed E-state index contributed by atoms with van der Waals surface area (Å²) in [5.74, 6) is 0.921. The maximum absolute atomic E-state index is 11.7. The van der Waals surface area contributed by atoms with Crippen molar-refractivity contribution >= 4 is 23.4 Å². The lowest BCUT2D eigenvalue weighted by Crippen LogP contribution is -2.08. The molecule has 0 fully saturated rings. The number of benzene rings is 1. The summed E-state index contributed by atoms with van der Waals surface area (Å²) in [4.78, 5) is 20.6. The van der Waals surface area contributed by atoms with Gasteiger partial charge < -0.3 is 15.4 Å². The fourth-order valence-electron chi connectivity index (χ4n) is 3.17. The van der Waals surface area contributed by atoms with Crippen LogP contribution in [0.5, 0.6) is 0 Å². The predicted molar refractivity (Wildman–Crippen MR) is 107 cm³/mol. The average molecular weight is 366 g/mol. The first-order chi connectivity index (χ1) is 13.1. The topological polar surface area (TPSA) is 76.1 Å². The average Bonchev–Trinajstić information content (AvgIpc) is 2.68. The van der Waals surface area contributed by atoms with Crippen molar-refractivity contribution in [3.63, 3.8) is 0 Å². The molecule has 6 nitrogen and oxygen atoms in total. The Labute approximate surface area is 160 Å². The number of carbonyl (C=O) groups excluding carboxylic acids is 1. The van der Waals surface area contributed by atoms with E-state index < -0.39 is 0 Å². The maximum Gasteiger partial charge on any atom is 0.337 e. The van der Waals surface area contributed by atoms with Gasteiger partial charge in [-0.2, -0.15) is 4.98 Å². The summed E-state index contributed by atoms with van der Waals surface area (Å²) in [6.45, 7) is 2.80. The van der Waals surface area contributed by atoms with E-state index in [-0.39, 0.29) is 5.97 Å². The molecule has 0 radical (unpaired) electrons. The Morgan fingerprint density at radius 1 is 1.22 bits per heavy atom. The smallest absolute Gasteiger partial charge is 0.337 e. The van der Waals surface area contributed by atoms with Crippen LogP contribution in [0.1, 0.15) is 48.2 Å². The maximum atomic E-state index is 11.7. The Morgan fingerprint density at radius 3 is 2.89 bits per heavy atom. The van der Waals surface area contributed by atoms with E-state index in [2.05, 4.69) is 26.7 Å². The molecule has 0 atom stereocenters. The number of esters is 1. The molecule has 0 unspecified atom stereocenters. The fourth-order valence-corrected chi connectivity index (χ4v) is 3.17. The Bertz CT molecular complexity index is 833. The third kappa shape index (κ3) is 5.54. The predicted octanol–water partition coefficient (Wildman–Crippen LogP) is 4.62. The van der Waals surface area contributed by atoms with Gasteiger partial charge in [-0.25, -0.2) is 9.78 Å². The van der Waals surface area contributed by atoms with Crippen LogP contribution in [0.2, 0.25) is 0 Å². The Morgan fingerprint density at radius 2 is 2.11 bits per heavy atom. The van der Waals surface area contributed by atoms with E-state index in [1.165, 1.54) is 38.4 Å². The zero-order valence-corrected chi connectivity index (χ0v) is 15.9. The van der Waals surface area contributed by atoms with Crippen LogP contribution in [0.15, 0.2) is 42.0 Å². The highest BCUT2D eigenvalue weighted by Gasteiger charge is 2.08. The number of ether oxygens (including phenoxy) is 1. The van der Waals surface area contributed by atoms with E-state index in [4.69, 9.17) is 4.74 Å². The summed E-state index contributed by atoms with van der Waals surface area (Å²) in [6.07, 6.45) is 8.46.